The Bertz CT molecular complexity index is 3860. The molecule has 0 nitrogen and oxygen atoms in total. The highest BCUT2D eigenvalue weighted by atomic mass is 32.2. The van der Waals surface area contributed by atoms with E-state index in [9.17, 15) is 11.0 Å². The van der Waals surface area contributed by atoms with Crippen LogP contribution >= 0.6 is 11.8 Å². The maximum Gasteiger partial charge on any atom is 0.0635 e. The molecule has 9 aromatic carbocycles. The highest BCUT2D eigenvalue weighted by Gasteiger charge is 2.22. The molecule has 1 aliphatic heterocycles. The maximum absolute atomic E-state index is 9.57. The summed E-state index contributed by atoms with van der Waals surface area (Å²) in [7, 11) is 0. The van der Waals surface area contributed by atoms with Crippen molar-refractivity contribution in [3.05, 3.63) is 145 Å². The van der Waals surface area contributed by atoms with Crippen LogP contribution in [0.1, 0.15) is 31.5 Å². The average molecular weight is 584 g/mol. The van der Waals surface area contributed by atoms with Gasteiger partial charge in [0.2, 0.25) is 0 Å². The van der Waals surface area contributed by atoms with Crippen LogP contribution in [0.3, 0.4) is 0 Å². The van der Waals surface area contributed by atoms with Gasteiger partial charge < -0.3 is 0 Å². The molecule has 9 aromatic rings. The second-order valence-corrected chi connectivity index (χ2v) is 10.9. The van der Waals surface area contributed by atoms with Gasteiger partial charge >= 0.3 is 0 Å². The molecule has 0 fully saturated rings. The first-order valence-corrected chi connectivity index (χ1v) is 13.8. The van der Waals surface area contributed by atoms with Crippen LogP contribution in [0.4, 0.5) is 0 Å². The molecule has 0 saturated heterocycles. The monoisotopic (exact) mass is 583 g/mol. The van der Waals surface area contributed by atoms with E-state index >= 15 is 0 Å². The van der Waals surface area contributed by atoms with Gasteiger partial charge in [0.15, 0.2) is 0 Å². The molecule has 0 radical (unpaired) electrons. The summed E-state index contributed by atoms with van der Waals surface area (Å²) in [5.74, 6) is 0. The van der Waals surface area contributed by atoms with E-state index in [0.29, 0.717) is 11.8 Å². The summed E-state index contributed by atoms with van der Waals surface area (Å²) in [6.07, 6.45) is 0. The molecule has 1 heterocycles. The Labute approximate surface area is 285 Å². The predicted molar refractivity (Wildman–Crippen MR) is 186 cm³/mol. The zero-order chi connectivity index (χ0) is 48.1. The van der Waals surface area contributed by atoms with Gasteiger partial charge in [-0.25, -0.2) is 0 Å². The molecule has 0 saturated carbocycles. The van der Waals surface area contributed by atoms with E-state index in [1.54, 1.807) is 0 Å². The zero-order valence-electron chi connectivity index (χ0n) is 44.5. The molecule has 0 unspecified atom stereocenters. The fourth-order valence-corrected chi connectivity index (χ4v) is 6.81. The van der Waals surface area contributed by atoms with Gasteiger partial charge in [0, 0.05) is 15.2 Å². The summed E-state index contributed by atoms with van der Waals surface area (Å²) in [5.41, 5.74) is -2.40. The lowest BCUT2D eigenvalue weighted by Gasteiger charge is -2.22. The molecule has 1 heteroatoms. The smallest absolute Gasteiger partial charge is 0.0635 e. The Morgan fingerprint density at radius 3 is 1.79 bits per heavy atom. The molecular formula is C42H24S. The van der Waals surface area contributed by atoms with Gasteiger partial charge in [-0.1, -0.05) is 145 Å². The SMILES string of the molecule is [2H]c1cc(-c2c([2H])c([2H])c3c4c(c([2H])c([2H])c([2H])c24)-c2c([2H])c([2H])c([2H])c([2H])c2S3)c2c(-c3c([2H])c([2H])c4c([2H])c([2H])c5c([2H])c([2H])c([2H])c6c([2H])c([2H])c3c4c56)c([2H])c([2H])c([2H])c2c1[2H]. The second-order valence-electron chi connectivity index (χ2n) is 9.84. The molecule has 198 valence electrons. The van der Waals surface area contributed by atoms with E-state index in [4.69, 9.17) is 20.6 Å². The van der Waals surface area contributed by atoms with Crippen molar-refractivity contribution in [1.29, 1.82) is 0 Å². The Morgan fingerprint density at radius 1 is 0.326 bits per heavy atom. The third kappa shape index (κ3) is 3.23. The lowest BCUT2D eigenvalue weighted by atomic mass is 9.85. The molecule has 0 aromatic heterocycles. The van der Waals surface area contributed by atoms with E-state index in [1.165, 1.54) is 0 Å². The number of hydrogen-bond donors (Lipinski definition) is 0. The van der Waals surface area contributed by atoms with Crippen molar-refractivity contribution in [1.82, 2.24) is 0 Å². The van der Waals surface area contributed by atoms with E-state index in [2.05, 4.69) is 0 Å². The van der Waals surface area contributed by atoms with Gasteiger partial charge in [0.25, 0.3) is 0 Å². The molecule has 43 heavy (non-hydrogen) atoms. The Hall–Kier alpha value is -5.11. The average Bonchev–Trinajstić information content (AvgIpc) is 3.28. The molecule has 10 rings (SSSR count). The second kappa shape index (κ2) is 8.70. The summed E-state index contributed by atoms with van der Waals surface area (Å²) in [4.78, 5) is -0.219. The predicted octanol–water partition coefficient (Wildman–Crippen LogP) is 12.4. The van der Waals surface area contributed by atoms with Gasteiger partial charge in [-0.2, -0.15) is 0 Å². The van der Waals surface area contributed by atoms with E-state index in [-0.39, 0.29) is 58.8 Å². The van der Waals surface area contributed by atoms with E-state index in [0.717, 1.165) is 6.07 Å². The number of benzene rings is 9. The van der Waals surface area contributed by atoms with Crippen LogP contribution in [0, 0.1) is 0 Å². The molecule has 0 amide bonds. The highest BCUT2D eigenvalue weighted by Crippen LogP contribution is 2.51. The minimum absolute atomic E-state index is 0.105. The van der Waals surface area contributed by atoms with E-state index in [1.807, 2.05) is 0 Å². The van der Waals surface area contributed by atoms with Crippen LogP contribution in [0.5, 0.6) is 0 Å². The van der Waals surface area contributed by atoms with Crippen LogP contribution in [-0.4, -0.2) is 0 Å². The van der Waals surface area contributed by atoms with Crippen molar-refractivity contribution in [3.63, 3.8) is 0 Å². The third-order valence-corrected chi connectivity index (χ3v) is 8.67. The van der Waals surface area contributed by atoms with Crippen molar-refractivity contribution in [2.75, 3.05) is 0 Å². The van der Waals surface area contributed by atoms with Crippen molar-refractivity contribution >= 4 is 65.6 Å². The number of fused-ring (bicyclic) bond motifs is 3. The van der Waals surface area contributed by atoms with E-state index < -0.39 is 177 Å². The minimum Gasteiger partial charge on any atom is -0.0888 e. The van der Waals surface area contributed by atoms with Crippen LogP contribution < -0.4 is 0 Å². The first-order valence-electron chi connectivity index (χ1n) is 24.5. The Balaban J connectivity index is 1.50. The molecule has 0 N–H and O–H groups in total. The Kier molecular flexibility index (Phi) is 2.14. The summed E-state index contributed by atoms with van der Waals surface area (Å²) in [5, 5.41) is -3.49. The zero-order valence-corrected chi connectivity index (χ0v) is 22.3. The number of rotatable bonds is 2. The molecule has 1 aliphatic rings. The lowest BCUT2D eigenvalue weighted by molar-refractivity contribution is 1.40. The molecule has 0 atom stereocenters. The minimum atomic E-state index is -0.869. The van der Waals surface area contributed by atoms with Crippen LogP contribution in [0.25, 0.3) is 87.2 Å². The van der Waals surface area contributed by atoms with Crippen molar-refractivity contribution in [2.24, 2.45) is 0 Å². The maximum atomic E-state index is 9.57. The quantitative estimate of drug-likeness (QED) is 0.182. The van der Waals surface area contributed by atoms with Crippen molar-refractivity contribution in [2.45, 2.75) is 9.79 Å². The fourth-order valence-electron chi connectivity index (χ4n) is 5.84. The van der Waals surface area contributed by atoms with Crippen LogP contribution in [0.2, 0.25) is 0 Å². The molecule has 0 bridgehead atoms. The first kappa shape index (κ1) is 10.6. The molecular weight excluding hydrogens is 537 g/mol. The lowest BCUT2D eigenvalue weighted by Crippen LogP contribution is -1.95. The normalized spacial score (nSPS) is 20.0. The standard InChI is InChI=1S/C42H24S/c1-2-16-37-31(11-1)35-15-6-14-34-30(23-24-38(43-37)42(34)35)33-13-5-10-25-9-4-12-32(40(25)33)29-21-19-28-18-17-26-7-3-8-27-20-22-36(29)41(28)39(26)27/h1-24H/i1D,2D,3D,4D,5D,6D,7D,8D,9D,10D,11D,12D,14D,15D,16D,17D,18D,19D,20D,21D,22D,23D,24D. The van der Waals surface area contributed by atoms with Crippen LogP contribution in [-0.2, 0) is 0 Å². The molecule has 0 spiro atoms. The first-order chi connectivity index (χ1) is 30.9. The van der Waals surface area contributed by atoms with Gasteiger partial charge in [-0.15, -0.1) is 0 Å². The van der Waals surface area contributed by atoms with Gasteiger partial charge in [0.1, 0.15) is 0 Å². The largest absolute Gasteiger partial charge is 0.0888 e. The molecule has 0 aliphatic carbocycles. The van der Waals surface area contributed by atoms with Gasteiger partial charge in [-0.05, 0) is 93.9 Å². The van der Waals surface area contributed by atoms with Gasteiger partial charge in [-0.3, -0.25) is 0 Å². The van der Waals surface area contributed by atoms with Crippen molar-refractivity contribution < 1.29 is 31.5 Å². The van der Waals surface area contributed by atoms with Crippen LogP contribution in [0.15, 0.2) is 155 Å². The summed E-state index contributed by atoms with van der Waals surface area (Å²) >= 11 is 0.689. The number of hydrogen-bond acceptors (Lipinski definition) is 1. The summed E-state index contributed by atoms with van der Waals surface area (Å²) in [6, 6.07) is -15.1. The topological polar surface area (TPSA) is 0 Å². The van der Waals surface area contributed by atoms with Gasteiger partial charge in [0.05, 0.1) is 31.5 Å². The summed E-state index contributed by atoms with van der Waals surface area (Å²) < 4.78 is 208. The van der Waals surface area contributed by atoms with Crippen molar-refractivity contribution in [3.8, 4) is 33.4 Å². The Morgan fingerprint density at radius 2 is 0.907 bits per heavy atom. The fraction of sp³-hybridized carbons (Fsp3) is 0. The highest BCUT2D eigenvalue weighted by molar-refractivity contribution is 7.99. The summed E-state index contributed by atoms with van der Waals surface area (Å²) in [6.45, 7) is 0. The third-order valence-electron chi connectivity index (χ3n) is 7.65.